The second-order valence-electron chi connectivity index (χ2n) is 6.35. The number of methoxy groups -OCH3 is 1. The van der Waals surface area contributed by atoms with Gasteiger partial charge in [-0.05, 0) is 72.3 Å². The molecule has 0 saturated heterocycles. The number of carbonyl (C=O) groups excluding carboxylic acids is 3. The minimum absolute atomic E-state index is 0.335. The Morgan fingerprint density at radius 2 is 1.62 bits per heavy atom. The van der Waals surface area contributed by atoms with Crippen molar-refractivity contribution in [2.45, 2.75) is 0 Å². The van der Waals surface area contributed by atoms with Gasteiger partial charge in [0.1, 0.15) is 11.5 Å². The first-order chi connectivity index (χ1) is 15.4. The maximum absolute atomic E-state index is 12.2. The molecule has 3 rings (SSSR count). The van der Waals surface area contributed by atoms with E-state index in [2.05, 4.69) is 15.8 Å². The first-order valence-electron chi connectivity index (χ1n) is 9.31. The molecule has 0 atom stereocenters. The molecule has 9 heteroatoms. The zero-order chi connectivity index (χ0) is 22.9. The molecule has 0 aromatic heterocycles. The molecule has 3 aromatic carbocycles. The van der Waals surface area contributed by atoms with E-state index in [0.717, 1.165) is 0 Å². The Kier molecular flexibility index (Phi) is 7.55. The van der Waals surface area contributed by atoms with Gasteiger partial charge in [0.25, 0.3) is 0 Å². The van der Waals surface area contributed by atoms with Crippen LogP contribution in [0.25, 0.3) is 0 Å². The van der Waals surface area contributed by atoms with Crippen LogP contribution in [0.15, 0.2) is 77.9 Å². The lowest BCUT2D eigenvalue weighted by Crippen LogP contribution is -2.32. The highest BCUT2D eigenvalue weighted by molar-refractivity contribution is 6.39. The van der Waals surface area contributed by atoms with Gasteiger partial charge in [0.2, 0.25) is 0 Å². The normalized spacial score (nSPS) is 10.4. The Labute approximate surface area is 188 Å². The Balaban J connectivity index is 1.51. The highest BCUT2D eigenvalue weighted by Crippen LogP contribution is 2.17. The van der Waals surface area contributed by atoms with Crippen LogP contribution in [0.1, 0.15) is 15.9 Å². The lowest BCUT2D eigenvalue weighted by molar-refractivity contribution is -0.136. The summed E-state index contributed by atoms with van der Waals surface area (Å²) in [6, 6.07) is 19.4. The molecule has 0 aliphatic heterocycles. The molecule has 0 unspecified atom stereocenters. The van der Waals surface area contributed by atoms with Crippen LogP contribution in [-0.4, -0.2) is 31.1 Å². The molecule has 0 heterocycles. The summed E-state index contributed by atoms with van der Waals surface area (Å²) in [5, 5.41) is 6.68. The summed E-state index contributed by atoms with van der Waals surface area (Å²) >= 11 is 5.77. The quantitative estimate of drug-likeness (QED) is 0.195. The summed E-state index contributed by atoms with van der Waals surface area (Å²) in [4.78, 5) is 35.9. The molecule has 2 N–H and O–H groups in total. The predicted molar refractivity (Wildman–Crippen MR) is 120 cm³/mol. The van der Waals surface area contributed by atoms with E-state index in [1.165, 1.54) is 13.3 Å². The molecule has 0 radical (unpaired) electrons. The second kappa shape index (κ2) is 10.7. The first kappa shape index (κ1) is 22.5. The summed E-state index contributed by atoms with van der Waals surface area (Å²) in [5.41, 5.74) is 3.54. The number of hydrogen-bond donors (Lipinski definition) is 2. The minimum Gasteiger partial charge on any atom is -0.497 e. The molecule has 8 nitrogen and oxygen atoms in total. The first-order valence-corrected chi connectivity index (χ1v) is 9.68. The number of nitrogens with one attached hydrogen (secondary N) is 2. The van der Waals surface area contributed by atoms with E-state index in [-0.39, 0.29) is 0 Å². The summed E-state index contributed by atoms with van der Waals surface area (Å²) in [5.74, 6) is -1.44. The van der Waals surface area contributed by atoms with Crippen molar-refractivity contribution in [2.24, 2.45) is 5.10 Å². The van der Waals surface area contributed by atoms with E-state index in [0.29, 0.717) is 33.3 Å². The van der Waals surface area contributed by atoms with Crippen molar-refractivity contribution < 1.29 is 23.9 Å². The van der Waals surface area contributed by atoms with Crippen molar-refractivity contribution in [3.8, 4) is 11.5 Å². The fourth-order valence-electron chi connectivity index (χ4n) is 2.48. The van der Waals surface area contributed by atoms with Crippen molar-refractivity contribution >= 4 is 41.3 Å². The maximum atomic E-state index is 12.2. The van der Waals surface area contributed by atoms with Crippen LogP contribution >= 0.6 is 11.6 Å². The van der Waals surface area contributed by atoms with E-state index in [4.69, 9.17) is 21.1 Å². The van der Waals surface area contributed by atoms with Gasteiger partial charge in [-0.3, -0.25) is 9.59 Å². The molecule has 32 heavy (non-hydrogen) atoms. The van der Waals surface area contributed by atoms with Gasteiger partial charge in [0.15, 0.2) is 0 Å². The Hall–Kier alpha value is -4.17. The molecule has 0 saturated carbocycles. The van der Waals surface area contributed by atoms with Gasteiger partial charge in [0.05, 0.1) is 18.9 Å². The molecular formula is C23H18ClN3O5. The van der Waals surface area contributed by atoms with Crippen molar-refractivity contribution in [2.75, 3.05) is 12.4 Å². The Morgan fingerprint density at radius 1 is 0.906 bits per heavy atom. The molecule has 2 amide bonds. The number of benzene rings is 3. The molecule has 0 aliphatic rings. The van der Waals surface area contributed by atoms with Gasteiger partial charge >= 0.3 is 17.8 Å². The van der Waals surface area contributed by atoms with Crippen molar-refractivity contribution in [1.29, 1.82) is 0 Å². The number of anilines is 1. The van der Waals surface area contributed by atoms with Gasteiger partial charge < -0.3 is 14.8 Å². The third-order valence-electron chi connectivity index (χ3n) is 4.08. The molecule has 0 aliphatic carbocycles. The van der Waals surface area contributed by atoms with E-state index in [9.17, 15) is 14.4 Å². The van der Waals surface area contributed by atoms with E-state index in [1.807, 2.05) is 0 Å². The maximum Gasteiger partial charge on any atom is 0.343 e. The van der Waals surface area contributed by atoms with E-state index in [1.54, 1.807) is 72.8 Å². The van der Waals surface area contributed by atoms with Gasteiger partial charge in [-0.25, -0.2) is 10.2 Å². The largest absolute Gasteiger partial charge is 0.497 e. The van der Waals surface area contributed by atoms with Crippen molar-refractivity contribution in [1.82, 2.24) is 5.43 Å². The number of hydrazone groups is 1. The molecule has 162 valence electrons. The molecule has 0 fully saturated rings. The van der Waals surface area contributed by atoms with Crippen LogP contribution in [0.5, 0.6) is 11.5 Å². The molecule has 3 aromatic rings. The van der Waals surface area contributed by atoms with Crippen LogP contribution in [-0.2, 0) is 9.59 Å². The number of nitrogens with zero attached hydrogens (tertiary/aromatic N) is 1. The van der Waals surface area contributed by atoms with Crippen LogP contribution in [0, 0.1) is 0 Å². The average Bonchev–Trinajstić information content (AvgIpc) is 2.81. The fraction of sp³-hybridized carbons (Fsp3) is 0.0435. The van der Waals surface area contributed by atoms with Gasteiger partial charge in [0, 0.05) is 10.7 Å². The monoisotopic (exact) mass is 451 g/mol. The fourth-order valence-corrected chi connectivity index (χ4v) is 2.60. The lowest BCUT2D eigenvalue weighted by Gasteiger charge is -2.06. The topological polar surface area (TPSA) is 106 Å². The van der Waals surface area contributed by atoms with Crippen LogP contribution in [0.2, 0.25) is 5.02 Å². The smallest absolute Gasteiger partial charge is 0.343 e. The number of ether oxygens (including phenoxy) is 2. The highest BCUT2D eigenvalue weighted by atomic mass is 35.5. The summed E-state index contributed by atoms with van der Waals surface area (Å²) < 4.78 is 10.4. The zero-order valence-corrected chi connectivity index (χ0v) is 17.6. The molecular weight excluding hydrogens is 434 g/mol. The zero-order valence-electron chi connectivity index (χ0n) is 16.9. The number of carbonyl (C=O) groups is 3. The molecule has 0 bridgehead atoms. The number of esters is 1. The van der Waals surface area contributed by atoms with Crippen LogP contribution < -0.4 is 20.2 Å². The number of rotatable bonds is 6. The van der Waals surface area contributed by atoms with Gasteiger partial charge in [-0.1, -0.05) is 17.7 Å². The molecule has 0 spiro atoms. The Morgan fingerprint density at radius 3 is 2.31 bits per heavy atom. The number of hydrogen-bond acceptors (Lipinski definition) is 6. The predicted octanol–water partition coefficient (Wildman–Crippen LogP) is 3.66. The van der Waals surface area contributed by atoms with Crippen LogP contribution in [0.4, 0.5) is 5.69 Å². The van der Waals surface area contributed by atoms with E-state index >= 15 is 0 Å². The second-order valence-corrected chi connectivity index (χ2v) is 6.79. The Bertz CT molecular complexity index is 1150. The van der Waals surface area contributed by atoms with Gasteiger partial charge in [-0.2, -0.15) is 5.10 Å². The highest BCUT2D eigenvalue weighted by Gasteiger charge is 2.13. The van der Waals surface area contributed by atoms with Crippen LogP contribution in [0.3, 0.4) is 0 Å². The summed E-state index contributed by atoms with van der Waals surface area (Å²) in [6.07, 6.45) is 1.35. The number of amides is 2. The average molecular weight is 452 g/mol. The van der Waals surface area contributed by atoms with Crippen molar-refractivity contribution in [3.63, 3.8) is 0 Å². The number of halogens is 1. The van der Waals surface area contributed by atoms with Crippen molar-refractivity contribution in [3.05, 3.63) is 88.9 Å². The summed E-state index contributed by atoms with van der Waals surface area (Å²) in [6.45, 7) is 0. The minimum atomic E-state index is -0.931. The lowest BCUT2D eigenvalue weighted by atomic mass is 10.2. The third kappa shape index (κ3) is 6.41. The van der Waals surface area contributed by atoms with Gasteiger partial charge in [-0.15, -0.1) is 0 Å². The SMILES string of the molecule is COc1cccc(C(=O)Oc2ccc(/C=N/NC(=O)C(=O)Nc3ccc(Cl)cc3)cc2)c1. The summed E-state index contributed by atoms with van der Waals surface area (Å²) in [7, 11) is 1.51. The van der Waals surface area contributed by atoms with E-state index < -0.39 is 17.8 Å². The standard InChI is InChI=1S/C23H18ClN3O5/c1-31-20-4-2-3-16(13-20)23(30)32-19-11-5-15(6-12-19)14-25-27-22(29)21(28)26-18-9-7-17(24)8-10-18/h2-14H,1H3,(H,26,28)(H,27,29)/b25-14+. The third-order valence-corrected chi connectivity index (χ3v) is 4.34.